The van der Waals surface area contributed by atoms with Crippen LogP contribution in [-0.2, 0) is 13.1 Å². The average Bonchev–Trinajstić information content (AvgIpc) is 2.97. The van der Waals surface area contributed by atoms with E-state index >= 15 is 0 Å². The van der Waals surface area contributed by atoms with Crippen LogP contribution in [-0.4, -0.2) is 18.9 Å². The minimum atomic E-state index is -0.588. The van der Waals surface area contributed by atoms with Gasteiger partial charge in [0.15, 0.2) is 11.7 Å². The molecule has 6 nitrogen and oxygen atoms in total. The van der Waals surface area contributed by atoms with Gasteiger partial charge in [0.2, 0.25) is 0 Å². The first-order chi connectivity index (χ1) is 10.6. The van der Waals surface area contributed by atoms with E-state index < -0.39 is 5.91 Å². The van der Waals surface area contributed by atoms with Crippen molar-refractivity contribution < 1.29 is 9.21 Å². The third-order valence-corrected chi connectivity index (χ3v) is 3.14. The van der Waals surface area contributed by atoms with E-state index in [0.717, 1.165) is 5.56 Å². The second kappa shape index (κ2) is 7.51. The number of aliphatic imine (C=N–C) groups is 1. The quantitative estimate of drug-likeness (QED) is 0.579. The molecule has 0 aliphatic carbocycles. The smallest absolute Gasteiger partial charge is 0.284 e. The van der Waals surface area contributed by atoms with E-state index in [1.165, 1.54) is 0 Å². The monoisotopic (exact) mass is 320 g/mol. The number of carbonyl (C=O) groups is 1. The van der Waals surface area contributed by atoms with Gasteiger partial charge in [0.05, 0.1) is 6.54 Å². The predicted molar refractivity (Wildman–Crippen MR) is 85.7 cm³/mol. The number of carbonyl (C=O) groups excluding carboxylic acids is 1. The molecule has 7 heteroatoms. The Morgan fingerprint density at radius 3 is 2.68 bits per heavy atom. The zero-order chi connectivity index (χ0) is 15.9. The molecule has 2 rings (SSSR count). The van der Waals surface area contributed by atoms with Crippen molar-refractivity contribution in [1.82, 2.24) is 10.6 Å². The van der Waals surface area contributed by atoms with Gasteiger partial charge >= 0.3 is 0 Å². The third-order valence-electron chi connectivity index (χ3n) is 2.91. The van der Waals surface area contributed by atoms with Crippen LogP contribution in [0.5, 0.6) is 0 Å². The molecule has 4 N–H and O–H groups in total. The number of halogens is 1. The van der Waals surface area contributed by atoms with Crippen molar-refractivity contribution in [3.8, 4) is 0 Å². The number of benzene rings is 1. The van der Waals surface area contributed by atoms with Crippen LogP contribution in [0.25, 0.3) is 0 Å². The van der Waals surface area contributed by atoms with E-state index in [2.05, 4.69) is 15.6 Å². The highest BCUT2D eigenvalue weighted by molar-refractivity contribution is 6.30. The fraction of sp³-hybridized carbons (Fsp3) is 0.200. The lowest BCUT2D eigenvalue weighted by Gasteiger charge is -2.11. The number of furan rings is 1. The standard InChI is InChI=1S/C15H17ClN4O2/c1-18-15(19-8-10-3-2-4-11(16)7-10)20-9-12-5-6-13(22-12)14(17)21/h2-7H,8-9H2,1H3,(H2,17,21)(H2,18,19,20). The first-order valence-corrected chi connectivity index (χ1v) is 7.04. The molecule has 22 heavy (non-hydrogen) atoms. The summed E-state index contributed by atoms with van der Waals surface area (Å²) in [5.41, 5.74) is 6.18. The van der Waals surface area contributed by atoms with E-state index in [-0.39, 0.29) is 5.76 Å². The van der Waals surface area contributed by atoms with E-state index in [1.807, 2.05) is 24.3 Å². The molecule has 1 amide bonds. The lowest BCUT2D eigenvalue weighted by Crippen LogP contribution is -2.36. The Bertz CT molecular complexity index is 682. The fourth-order valence-corrected chi connectivity index (χ4v) is 2.04. The lowest BCUT2D eigenvalue weighted by atomic mass is 10.2. The number of nitrogens with zero attached hydrogens (tertiary/aromatic N) is 1. The largest absolute Gasteiger partial charge is 0.454 e. The second-order valence-corrected chi connectivity index (χ2v) is 4.98. The van der Waals surface area contributed by atoms with Gasteiger partial charge in [-0.2, -0.15) is 0 Å². The van der Waals surface area contributed by atoms with Crippen molar-refractivity contribution in [2.45, 2.75) is 13.1 Å². The minimum Gasteiger partial charge on any atom is -0.454 e. The van der Waals surface area contributed by atoms with Gasteiger partial charge in [-0.05, 0) is 29.8 Å². The molecule has 1 aromatic heterocycles. The minimum absolute atomic E-state index is 0.138. The molecule has 0 saturated carbocycles. The zero-order valence-corrected chi connectivity index (χ0v) is 12.9. The highest BCUT2D eigenvalue weighted by Crippen LogP contribution is 2.10. The SMILES string of the molecule is CN=C(NCc1cccc(Cl)c1)NCc1ccc(C(N)=O)o1. The van der Waals surface area contributed by atoms with Crippen LogP contribution in [0.4, 0.5) is 0 Å². The Labute approximate surface area is 133 Å². The molecule has 0 spiro atoms. The summed E-state index contributed by atoms with van der Waals surface area (Å²) in [5.74, 6) is 0.755. The van der Waals surface area contributed by atoms with Crippen LogP contribution >= 0.6 is 11.6 Å². The van der Waals surface area contributed by atoms with E-state index in [4.69, 9.17) is 21.8 Å². The molecule has 116 valence electrons. The number of amides is 1. The number of guanidine groups is 1. The van der Waals surface area contributed by atoms with Crippen molar-refractivity contribution in [3.05, 3.63) is 58.5 Å². The molecule has 0 aliphatic rings. The zero-order valence-electron chi connectivity index (χ0n) is 12.1. The number of hydrogen-bond donors (Lipinski definition) is 3. The van der Waals surface area contributed by atoms with Gasteiger partial charge in [0.1, 0.15) is 5.76 Å². The molecule has 1 aromatic carbocycles. The summed E-state index contributed by atoms with van der Waals surface area (Å²) < 4.78 is 5.28. The molecule has 0 fully saturated rings. The van der Waals surface area contributed by atoms with Gasteiger partial charge in [0, 0.05) is 18.6 Å². The van der Waals surface area contributed by atoms with Crippen molar-refractivity contribution >= 4 is 23.5 Å². The van der Waals surface area contributed by atoms with Gasteiger partial charge < -0.3 is 20.8 Å². The fourth-order valence-electron chi connectivity index (χ4n) is 1.83. The normalized spacial score (nSPS) is 11.3. The van der Waals surface area contributed by atoms with Crippen LogP contribution in [0.2, 0.25) is 5.02 Å². The van der Waals surface area contributed by atoms with Crippen LogP contribution in [0, 0.1) is 0 Å². The number of nitrogens with two attached hydrogens (primary N) is 1. The van der Waals surface area contributed by atoms with Crippen molar-refractivity contribution in [2.24, 2.45) is 10.7 Å². The molecule has 0 saturated heterocycles. The maximum atomic E-state index is 11.0. The van der Waals surface area contributed by atoms with Gasteiger partial charge in [-0.15, -0.1) is 0 Å². The number of rotatable bonds is 5. The lowest BCUT2D eigenvalue weighted by molar-refractivity contribution is 0.0972. The van der Waals surface area contributed by atoms with Gasteiger partial charge in [0.25, 0.3) is 5.91 Å². The molecule has 2 aromatic rings. The van der Waals surface area contributed by atoms with Crippen LogP contribution in [0.1, 0.15) is 21.9 Å². The average molecular weight is 321 g/mol. The second-order valence-electron chi connectivity index (χ2n) is 4.54. The van der Waals surface area contributed by atoms with E-state index in [9.17, 15) is 4.79 Å². The molecule has 0 atom stereocenters. The summed E-state index contributed by atoms with van der Waals surface area (Å²) in [7, 11) is 1.67. The van der Waals surface area contributed by atoms with Gasteiger partial charge in [-0.25, -0.2) is 0 Å². The van der Waals surface area contributed by atoms with E-state index in [0.29, 0.717) is 29.8 Å². The van der Waals surface area contributed by atoms with Gasteiger partial charge in [-0.3, -0.25) is 9.79 Å². The van der Waals surface area contributed by atoms with Crippen LogP contribution in [0.15, 0.2) is 45.8 Å². The Morgan fingerprint density at radius 1 is 1.27 bits per heavy atom. The Hall–Kier alpha value is -2.47. The Morgan fingerprint density at radius 2 is 2.05 bits per heavy atom. The summed E-state index contributed by atoms with van der Waals surface area (Å²) in [5, 5.41) is 6.93. The Balaban J connectivity index is 1.85. The Kier molecular flexibility index (Phi) is 5.43. The summed E-state index contributed by atoms with van der Waals surface area (Å²) in [6.45, 7) is 0.980. The molecule has 0 aliphatic heterocycles. The van der Waals surface area contributed by atoms with Crippen LogP contribution in [0.3, 0.4) is 0 Å². The molecule has 0 unspecified atom stereocenters. The van der Waals surface area contributed by atoms with Crippen molar-refractivity contribution in [3.63, 3.8) is 0 Å². The highest BCUT2D eigenvalue weighted by Gasteiger charge is 2.07. The first-order valence-electron chi connectivity index (χ1n) is 6.66. The molecule has 1 heterocycles. The maximum Gasteiger partial charge on any atom is 0.284 e. The summed E-state index contributed by atoms with van der Waals surface area (Å²) in [6, 6.07) is 10.8. The number of hydrogen-bond acceptors (Lipinski definition) is 3. The topological polar surface area (TPSA) is 92.6 Å². The first kappa shape index (κ1) is 15.9. The summed E-state index contributed by atoms with van der Waals surface area (Å²) >= 11 is 5.94. The van der Waals surface area contributed by atoms with Crippen LogP contribution < -0.4 is 16.4 Å². The molecular weight excluding hydrogens is 304 g/mol. The van der Waals surface area contributed by atoms with E-state index in [1.54, 1.807) is 19.2 Å². The number of nitrogens with one attached hydrogen (secondary N) is 2. The third kappa shape index (κ3) is 4.53. The number of primary amides is 1. The summed E-state index contributed by atoms with van der Waals surface area (Å²) in [4.78, 5) is 15.1. The highest BCUT2D eigenvalue weighted by atomic mass is 35.5. The van der Waals surface area contributed by atoms with Gasteiger partial charge in [-0.1, -0.05) is 23.7 Å². The van der Waals surface area contributed by atoms with Crippen molar-refractivity contribution in [2.75, 3.05) is 7.05 Å². The molecular formula is C15H17ClN4O2. The summed E-state index contributed by atoms with van der Waals surface area (Å²) in [6.07, 6.45) is 0. The maximum absolute atomic E-state index is 11.0. The predicted octanol–water partition coefficient (Wildman–Crippen LogP) is 1.90. The molecule has 0 radical (unpaired) electrons. The molecule has 0 bridgehead atoms. The van der Waals surface area contributed by atoms with Crippen molar-refractivity contribution in [1.29, 1.82) is 0 Å².